The van der Waals surface area contributed by atoms with Gasteiger partial charge >= 0.3 is 5.97 Å². The molecule has 0 amide bonds. The number of pyridine rings is 1. The van der Waals surface area contributed by atoms with Gasteiger partial charge in [-0.25, -0.2) is 13.8 Å². The molecule has 0 spiro atoms. The van der Waals surface area contributed by atoms with E-state index in [4.69, 9.17) is 10.5 Å². The molecule has 1 aliphatic rings. The molecule has 0 aliphatic carbocycles. The van der Waals surface area contributed by atoms with Crippen molar-refractivity contribution in [2.45, 2.75) is 32.4 Å². The van der Waals surface area contributed by atoms with Gasteiger partial charge in [0.05, 0.1) is 12.2 Å². The third-order valence-corrected chi connectivity index (χ3v) is 7.03. The van der Waals surface area contributed by atoms with E-state index in [1.165, 1.54) is 17.0 Å². The summed E-state index contributed by atoms with van der Waals surface area (Å²) in [7, 11) is 0. The summed E-state index contributed by atoms with van der Waals surface area (Å²) in [6, 6.07) is 7.26. The summed E-state index contributed by atoms with van der Waals surface area (Å²) < 4.78 is 34.4. The second-order valence-electron chi connectivity index (χ2n) is 7.93. The number of nitrogens with two attached hydrogens (primary N) is 1. The van der Waals surface area contributed by atoms with Crippen molar-refractivity contribution >= 4 is 23.1 Å². The molecule has 1 aromatic carbocycles. The first-order valence-electron chi connectivity index (χ1n) is 11.0. The first kappa shape index (κ1) is 23.0. The Balaban J connectivity index is 1.46. The third kappa shape index (κ3) is 4.37. The number of halogens is 2. The van der Waals surface area contributed by atoms with E-state index in [2.05, 4.69) is 25.8 Å². The molecular weight excluding hydrogens is 476 g/mol. The van der Waals surface area contributed by atoms with Crippen LogP contribution in [0.2, 0.25) is 0 Å². The number of benzene rings is 1. The molecule has 5 rings (SSSR count). The molecule has 9 nitrogen and oxygen atoms in total. The van der Waals surface area contributed by atoms with Crippen molar-refractivity contribution in [2.24, 2.45) is 0 Å². The number of nitrogens with zero attached hydrogens (tertiary/aromatic N) is 5. The fourth-order valence-electron chi connectivity index (χ4n) is 3.99. The molecule has 4 heterocycles. The second-order valence-corrected chi connectivity index (χ2v) is 9.06. The summed E-state index contributed by atoms with van der Waals surface area (Å²) in [5, 5.41) is 14.7. The standard InChI is InChI=1S/C23H21F2N7O2S/c1-2-34-23(33)16-6-7-18-13(10-27-16)9-19(35-18)12-8-14(21(26)28-11-12)22-29-30-31-32(22)17-5-3-4-15(24)20(17)25/h3-5,8-9,11,16,27H,2,6-7,10H2,1H3,(H2,26,28). The first-order valence-corrected chi connectivity index (χ1v) is 11.8. The van der Waals surface area contributed by atoms with E-state index in [1.54, 1.807) is 30.5 Å². The molecule has 4 aromatic rings. The number of rotatable bonds is 5. The van der Waals surface area contributed by atoms with E-state index >= 15 is 0 Å². The predicted octanol–water partition coefficient (Wildman–Crippen LogP) is 3.28. The SMILES string of the molecule is CCOC(=O)C1CCc2sc(-c3cnc(N)c(-c4nnnn4-c4cccc(F)c4F)c3)cc2CN1. The van der Waals surface area contributed by atoms with Gasteiger partial charge in [-0.2, -0.15) is 4.68 Å². The van der Waals surface area contributed by atoms with Crippen LogP contribution in [-0.4, -0.2) is 43.8 Å². The van der Waals surface area contributed by atoms with Crippen LogP contribution in [0, 0.1) is 11.6 Å². The van der Waals surface area contributed by atoms with Crippen LogP contribution in [0.5, 0.6) is 0 Å². The van der Waals surface area contributed by atoms with Crippen LogP contribution in [0.1, 0.15) is 23.8 Å². The van der Waals surface area contributed by atoms with Gasteiger partial charge in [0.25, 0.3) is 0 Å². The molecule has 12 heteroatoms. The van der Waals surface area contributed by atoms with E-state index in [9.17, 15) is 13.6 Å². The Hall–Kier alpha value is -3.77. The zero-order chi connectivity index (χ0) is 24.5. The Kier molecular flexibility index (Phi) is 6.22. The molecule has 1 aliphatic heterocycles. The number of aromatic nitrogens is 5. The minimum atomic E-state index is -1.07. The van der Waals surface area contributed by atoms with Gasteiger partial charge in [-0.05, 0) is 60.0 Å². The first-order chi connectivity index (χ1) is 17.0. The molecule has 3 N–H and O–H groups in total. The van der Waals surface area contributed by atoms with E-state index in [0.717, 1.165) is 33.2 Å². The van der Waals surface area contributed by atoms with Crippen LogP contribution in [0.3, 0.4) is 0 Å². The van der Waals surface area contributed by atoms with Crippen molar-refractivity contribution in [3.63, 3.8) is 0 Å². The van der Waals surface area contributed by atoms with E-state index < -0.39 is 11.6 Å². The normalized spacial score (nSPS) is 15.5. The van der Waals surface area contributed by atoms with Gasteiger partial charge in [0.2, 0.25) is 0 Å². The predicted molar refractivity (Wildman–Crippen MR) is 126 cm³/mol. The number of hydrogen-bond donors (Lipinski definition) is 2. The number of esters is 1. The van der Waals surface area contributed by atoms with Gasteiger partial charge in [0.15, 0.2) is 17.5 Å². The van der Waals surface area contributed by atoms with E-state index in [0.29, 0.717) is 25.1 Å². The average Bonchev–Trinajstić information content (AvgIpc) is 3.44. The largest absolute Gasteiger partial charge is 0.465 e. The second kappa shape index (κ2) is 9.47. The summed E-state index contributed by atoms with van der Waals surface area (Å²) in [4.78, 5) is 18.5. The van der Waals surface area contributed by atoms with Crippen LogP contribution in [0.4, 0.5) is 14.6 Å². The number of thiophene rings is 1. The lowest BCUT2D eigenvalue weighted by atomic mass is 10.1. The Morgan fingerprint density at radius 1 is 1.34 bits per heavy atom. The van der Waals surface area contributed by atoms with Crippen LogP contribution in [0.15, 0.2) is 36.5 Å². The van der Waals surface area contributed by atoms with Crippen molar-refractivity contribution < 1.29 is 18.3 Å². The van der Waals surface area contributed by atoms with Gasteiger partial charge in [-0.15, -0.1) is 16.4 Å². The van der Waals surface area contributed by atoms with Gasteiger partial charge in [0.1, 0.15) is 17.5 Å². The van der Waals surface area contributed by atoms with Gasteiger partial charge in [0, 0.05) is 28.1 Å². The molecule has 35 heavy (non-hydrogen) atoms. The van der Waals surface area contributed by atoms with Gasteiger partial charge < -0.3 is 15.8 Å². The number of nitrogen functional groups attached to an aromatic ring is 1. The zero-order valence-corrected chi connectivity index (χ0v) is 19.5. The highest BCUT2D eigenvalue weighted by Crippen LogP contribution is 2.36. The van der Waals surface area contributed by atoms with Crippen molar-refractivity contribution in [2.75, 3.05) is 12.3 Å². The lowest BCUT2D eigenvalue weighted by Crippen LogP contribution is -2.36. The number of hydrogen-bond acceptors (Lipinski definition) is 9. The third-order valence-electron chi connectivity index (χ3n) is 5.74. The number of nitrogens with one attached hydrogen (secondary N) is 1. The lowest BCUT2D eigenvalue weighted by molar-refractivity contribution is -0.145. The van der Waals surface area contributed by atoms with Crippen LogP contribution in [0.25, 0.3) is 27.5 Å². The molecule has 1 unspecified atom stereocenters. The van der Waals surface area contributed by atoms with Gasteiger partial charge in [-0.1, -0.05) is 6.07 Å². The molecule has 3 aromatic heterocycles. The Labute approximate surface area is 202 Å². The van der Waals surface area contributed by atoms with Crippen LogP contribution >= 0.6 is 11.3 Å². The number of anilines is 1. The molecule has 0 saturated carbocycles. The van der Waals surface area contributed by atoms with Crippen LogP contribution in [-0.2, 0) is 22.5 Å². The number of fused-ring (bicyclic) bond motifs is 1. The van der Waals surface area contributed by atoms with Crippen molar-refractivity contribution in [1.29, 1.82) is 0 Å². The average molecular weight is 498 g/mol. The molecule has 0 radical (unpaired) electrons. The maximum Gasteiger partial charge on any atom is 0.323 e. The number of ether oxygens (including phenoxy) is 1. The number of aryl methyl sites for hydroxylation is 1. The Morgan fingerprint density at radius 3 is 3.03 bits per heavy atom. The maximum absolute atomic E-state index is 14.4. The minimum Gasteiger partial charge on any atom is -0.465 e. The molecule has 0 bridgehead atoms. The van der Waals surface area contributed by atoms with Gasteiger partial charge in [-0.3, -0.25) is 4.79 Å². The molecule has 0 saturated heterocycles. The maximum atomic E-state index is 14.4. The van der Waals surface area contributed by atoms with Crippen molar-refractivity contribution in [3.05, 3.63) is 58.6 Å². The summed E-state index contributed by atoms with van der Waals surface area (Å²) in [6.07, 6.45) is 3.03. The lowest BCUT2D eigenvalue weighted by Gasteiger charge is -2.13. The summed E-state index contributed by atoms with van der Waals surface area (Å²) in [5.41, 5.74) is 8.25. The Bertz CT molecular complexity index is 1380. The number of carbonyl (C=O) groups is 1. The highest BCUT2D eigenvalue weighted by atomic mass is 32.1. The summed E-state index contributed by atoms with van der Waals surface area (Å²) in [5.74, 6) is -2.03. The molecular formula is C23H21F2N7O2S. The molecule has 180 valence electrons. The fraction of sp³-hybridized carbons (Fsp3) is 0.261. The highest BCUT2D eigenvalue weighted by Gasteiger charge is 2.25. The Morgan fingerprint density at radius 2 is 2.20 bits per heavy atom. The number of carbonyl (C=O) groups excluding carboxylic acids is 1. The van der Waals surface area contributed by atoms with Crippen molar-refractivity contribution in [3.8, 4) is 27.5 Å². The van der Waals surface area contributed by atoms with E-state index in [-0.39, 0.29) is 29.3 Å². The number of tetrazole rings is 1. The summed E-state index contributed by atoms with van der Waals surface area (Å²) in [6.45, 7) is 2.69. The van der Waals surface area contributed by atoms with Crippen molar-refractivity contribution in [1.82, 2.24) is 30.5 Å². The quantitative estimate of drug-likeness (QED) is 0.403. The minimum absolute atomic E-state index is 0.137. The topological polar surface area (TPSA) is 121 Å². The zero-order valence-electron chi connectivity index (χ0n) is 18.7. The molecule has 0 fully saturated rings. The summed E-state index contributed by atoms with van der Waals surface area (Å²) >= 11 is 1.60. The van der Waals surface area contributed by atoms with E-state index in [1.807, 2.05) is 6.07 Å². The monoisotopic (exact) mass is 497 g/mol. The van der Waals surface area contributed by atoms with Crippen LogP contribution < -0.4 is 11.1 Å². The highest BCUT2D eigenvalue weighted by molar-refractivity contribution is 7.15. The fourth-order valence-corrected chi connectivity index (χ4v) is 5.17. The smallest absolute Gasteiger partial charge is 0.323 e. The molecule has 1 atom stereocenters.